The average Bonchev–Trinajstić information content (AvgIpc) is 1.99. The van der Waals surface area contributed by atoms with E-state index >= 15 is 0 Å². The smallest absolute Gasteiger partial charge is 0.0545 e. The molecule has 0 heterocycles. The Morgan fingerprint density at radius 2 is 2.00 bits per heavy atom. The normalized spacial score (nSPS) is 13.4. The van der Waals surface area contributed by atoms with Crippen LogP contribution in [0.1, 0.15) is 46.5 Å². The number of hydrogen-bond acceptors (Lipinski definition) is 1. The highest BCUT2D eigenvalue weighted by atomic mass is 16.3. The molecule has 0 aliphatic carbocycles. The quantitative estimate of drug-likeness (QED) is 0.607. The SMILES string of the molecule is C=C(CC)CCC(O)CC(C)C. The van der Waals surface area contributed by atoms with Crippen molar-refractivity contribution in [3.63, 3.8) is 0 Å². The van der Waals surface area contributed by atoms with Crippen LogP contribution in [-0.4, -0.2) is 11.2 Å². The van der Waals surface area contributed by atoms with Gasteiger partial charge in [0.05, 0.1) is 6.10 Å². The Kier molecular flexibility index (Phi) is 6.09. The number of rotatable bonds is 6. The molecule has 0 aromatic rings. The lowest BCUT2D eigenvalue weighted by molar-refractivity contribution is 0.139. The molecule has 0 fully saturated rings. The zero-order valence-electron chi connectivity index (χ0n) is 8.64. The van der Waals surface area contributed by atoms with Crippen molar-refractivity contribution in [2.45, 2.75) is 52.6 Å². The molecule has 72 valence electrons. The predicted octanol–water partition coefficient (Wildman–Crippen LogP) is 3.14. The van der Waals surface area contributed by atoms with Gasteiger partial charge in [0.15, 0.2) is 0 Å². The number of aliphatic hydroxyl groups excluding tert-OH is 1. The van der Waals surface area contributed by atoms with E-state index in [0.717, 1.165) is 25.7 Å². The Morgan fingerprint density at radius 3 is 2.42 bits per heavy atom. The monoisotopic (exact) mass is 170 g/mol. The van der Waals surface area contributed by atoms with Gasteiger partial charge in [-0.2, -0.15) is 0 Å². The molecule has 0 aliphatic rings. The first-order valence-electron chi connectivity index (χ1n) is 4.91. The Balaban J connectivity index is 3.43. The topological polar surface area (TPSA) is 20.2 Å². The Labute approximate surface area is 76.5 Å². The number of aliphatic hydroxyl groups is 1. The number of hydrogen-bond donors (Lipinski definition) is 1. The van der Waals surface area contributed by atoms with Crippen LogP contribution in [-0.2, 0) is 0 Å². The molecule has 1 unspecified atom stereocenters. The van der Waals surface area contributed by atoms with Gasteiger partial charge in [-0.1, -0.05) is 32.9 Å². The summed E-state index contributed by atoms with van der Waals surface area (Å²) >= 11 is 0. The third kappa shape index (κ3) is 6.41. The lowest BCUT2D eigenvalue weighted by atomic mass is 9.99. The van der Waals surface area contributed by atoms with Gasteiger partial charge >= 0.3 is 0 Å². The summed E-state index contributed by atoms with van der Waals surface area (Å²) in [5, 5.41) is 9.52. The van der Waals surface area contributed by atoms with Gasteiger partial charge in [-0.05, 0) is 31.6 Å². The van der Waals surface area contributed by atoms with Crippen LogP contribution in [0, 0.1) is 5.92 Å². The molecule has 0 aliphatic heterocycles. The predicted molar refractivity (Wildman–Crippen MR) is 54.1 cm³/mol. The second-order valence-electron chi connectivity index (χ2n) is 3.93. The van der Waals surface area contributed by atoms with Crippen LogP contribution < -0.4 is 0 Å². The van der Waals surface area contributed by atoms with Crippen molar-refractivity contribution in [1.82, 2.24) is 0 Å². The van der Waals surface area contributed by atoms with Crippen molar-refractivity contribution >= 4 is 0 Å². The summed E-state index contributed by atoms with van der Waals surface area (Å²) in [5.74, 6) is 0.592. The van der Waals surface area contributed by atoms with E-state index in [1.165, 1.54) is 5.57 Å². The first-order chi connectivity index (χ1) is 5.56. The molecule has 0 saturated carbocycles. The maximum absolute atomic E-state index is 9.52. The van der Waals surface area contributed by atoms with Gasteiger partial charge in [0.25, 0.3) is 0 Å². The van der Waals surface area contributed by atoms with E-state index in [1.54, 1.807) is 0 Å². The van der Waals surface area contributed by atoms with Crippen molar-refractivity contribution in [3.05, 3.63) is 12.2 Å². The zero-order valence-corrected chi connectivity index (χ0v) is 8.64. The molecule has 0 aromatic carbocycles. The number of allylic oxidation sites excluding steroid dienone is 1. The fraction of sp³-hybridized carbons (Fsp3) is 0.818. The van der Waals surface area contributed by atoms with Gasteiger partial charge < -0.3 is 5.11 Å². The van der Waals surface area contributed by atoms with Crippen molar-refractivity contribution in [2.75, 3.05) is 0 Å². The van der Waals surface area contributed by atoms with E-state index in [1.807, 2.05) is 0 Å². The minimum atomic E-state index is -0.131. The Hall–Kier alpha value is -0.300. The molecule has 1 heteroatoms. The summed E-state index contributed by atoms with van der Waals surface area (Å²) in [6.45, 7) is 10.3. The molecule has 1 N–H and O–H groups in total. The fourth-order valence-electron chi connectivity index (χ4n) is 1.21. The zero-order chi connectivity index (χ0) is 9.56. The van der Waals surface area contributed by atoms with Crippen molar-refractivity contribution < 1.29 is 5.11 Å². The van der Waals surface area contributed by atoms with Crippen LogP contribution in [0.15, 0.2) is 12.2 Å². The van der Waals surface area contributed by atoms with Crippen molar-refractivity contribution in [1.29, 1.82) is 0 Å². The molecule has 0 radical (unpaired) electrons. The second kappa shape index (κ2) is 6.24. The first-order valence-corrected chi connectivity index (χ1v) is 4.91. The molecule has 0 bridgehead atoms. The van der Waals surface area contributed by atoms with Crippen LogP contribution in [0.4, 0.5) is 0 Å². The average molecular weight is 170 g/mol. The van der Waals surface area contributed by atoms with Gasteiger partial charge in [-0.15, -0.1) is 0 Å². The standard InChI is InChI=1S/C11H22O/c1-5-10(4)6-7-11(12)8-9(2)3/h9,11-12H,4-8H2,1-3H3. The van der Waals surface area contributed by atoms with Crippen LogP contribution >= 0.6 is 0 Å². The van der Waals surface area contributed by atoms with Gasteiger partial charge in [0, 0.05) is 0 Å². The van der Waals surface area contributed by atoms with E-state index in [4.69, 9.17) is 0 Å². The molecule has 1 atom stereocenters. The molecular weight excluding hydrogens is 148 g/mol. The van der Waals surface area contributed by atoms with E-state index in [9.17, 15) is 5.11 Å². The lowest BCUT2D eigenvalue weighted by Crippen LogP contribution is -2.09. The molecule has 0 aromatic heterocycles. The highest BCUT2D eigenvalue weighted by molar-refractivity contribution is 4.92. The second-order valence-corrected chi connectivity index (χ2v) is 3.93. The Bertz CT molecular complexity index is 127. The summed E-state index contributed by atoms with van der Waals surface area (Å²) in [6.07, 6.45) is 3.67. The minimum absolute atomic E-state index is 0.131. The summed E-state index contributed by atoms with van der Waals surface area (Å²) in [7, 11) is 0. The summed E-state index contributed by atoms with van der Waals surface area (Å²) < 4.78 is 0. The Morgan fingerprint density at radius 1 is 1.42 bits per heavy atom. The van der Waals surface area contributed by atoms with Gasteiger partial charge in [0.1, 0.15) is 0 Å². The minimum Gasteiger partial charge on any atom is -0.393 e. The molecule has 0 saturated heterocycles. The molecule has 0 spiro atoms. The van der Waals surface area contributed by atoms with Gasteiger partial charge in [-0.25, -0.2) is 0 Å². The summed E-state index contributed by atoms with van der Waals surface area (Å²) in [6, 6.07) is 0. The fourth-order valence-corrected chi connectivity index (χ4v) is 1.21. The van der Waals surface area contributed by atoms with Crippen LogP contribution in [0.25, 0.3) is 0 Å². The van der Waals surface area contributed by atoms with Gasteiger partial charge in [-0.3, -0.25) is 0 Å². The lowest BCUT2D eigenvalue weighted by Gasteiger charge is -2.12. The van der Waals surface area contributed by atoms with Crippen LogP contribution in [0.2, 0.25) is 0 Å². The maximum atomic E-state index is 9.52. The van der Waals surface area contributed by atoms with E-state index in [-0.39, 0.29) is 6.10 Å². The third-order valence-corrected chi connectivity index (χ3v) is 2.07. The van der Waals surface area contributed by atoms with Crippen molar-refractivity contribution in [3.8, 4) is 0 Å². The first kappa shape index (κ1) is 11.7. The van der Waals surface area contributed by atoms with E-state index in [0.29, 0.717) is 5.92 Å². The third-order valence-electron chi connectivity index (χ3n) is 2.07. The molecule has 12 heavy (non-hydrogen) atoms. The summed E-state index contributed by atoms with van der Waals surface area (Å²) in [5.41, 5.74) is 1.25. The summed E-state index contributed by atoms with van der Waals surface area (Å²) in [4.78, 5) is 0. The highest BCUT2D eigenvalue weighted by Gasteiger charge is 2.06. The van der Waals surface area contributed by atoms with Crippen LogP contribution in [0.5, 0.6) is 0 Å². The maximum Gasteiger partial charge on any atom is 0.0545 e. The molecule has 0 rings (SSSR count). The molecule has 0 amide bonds. The largest absolute Gasteiger partial charge is 0.393 e. The highest BCUT2D eigenvalue weighted by Crippen LogP contribution is 2.13. The van der Waals surface area contributed by atoms with Crippen molar-refractivity contribution in [2.24, 2.45) is 5.92 Å². The molecular formula is C11H22O. The van der Waals surface area contributed by atoms with Gasteiger partial charge in [0.2, 0.25) is 0 Å². The van der Waals surface area contributed by atoms with E-state index in [2.05, 4.69) is 27.4 Å². The molecule has 1 nitrogen and oxygen atoms in total. The van der Waals surface area contributed by atoms with E-state index < -0.39 is 0 Å². The van der Waals surface area contributed by atoms with Crippen LogP contribution in [0.3, 0.4) is 0 Å².